The van der Waals surface area contributed by atoms with E-state index in [4.69, 9.17) is 4.52 Å². The summed E-state index contributed by atoms with van der Waals surface area (Å²) < 4.78 is 5.18. The molecule has 5 nitrogen and oxygen atoms in total. The molecule has 0 saturated carbocycles. The van der Waals surface area contributed by atoms with Crippen molar-refractivity contribution in [3.63, 3.8) is 0 Å². The summed E-state index contributed by atoms with van der Waals surface area (Å²) >= 11 is 1.66. The Morgan fingerprint density at radius 2 is 2.10 bits per heavy atom. The van der Waals surface area contributed by atoms with Crippen LogP contribution in [-0.2, 0) is 12.3 Å². The summed E-state index contributed by atoms with van der Waals surface area (Å²) in [6, 6.07) is 9.62. The van der Waals surface area contributed by atoms with Crippen LogP contribution in [0.2, 0.25) is 0 Å². The van der Waals surface area contributed by atoms with E-state index < -0.39 is 6.10 Å². The van der Waals surface area contributed by atoms with Crippen LogP contribution in [0.1, 0.15) is 23.4 Å². The Bertz CT molecular complexity index is 518. The predicted molar refractivity (Wildman–Crippen MR) is 79.3 cm³/mol. The molecule has 2 rings (SSSR count). The first-order chi connectivity index (χ1) is 9.69. The molecule has 1 aromatic carbocycles. The van der Waals surface area contributed by atoms with Crippen molar-refractivity contribution < 1.29 is 9.63 Å². The van der Waals surface area contributed by atoms with E-state index in [2.05, 4.69) is 10.1 Å². The van der Waals surface area contributed by atoms with Gasteiger partial charge in [-0.2, -0.15) is 16.7 Å². The predicted octanol–water partition coefficient (Wildman–Crippen LogP) is 2.10. The third-order valence-corrected chi connectivity index (χ3v) is 3.40. The highest BCUT2D eigenvalue weighted by Gasteiger charge is 2.13. The molecule has 108 valence electrons. The first-order valence-corrected chi connectivity index (χ1v) is 7.80. The SMILES string of the molecule is CSCc1noc(CN(C)C[C@@H](O)c2ccccc2)n1. The van der Waals surface area contributed by atoms with Gasteiger partial charge in [0, 0.05) is 6.54 Å². The molecule has 0 aliphatic heterocycles. The van der Waals surface area contributed by atoms with E-state index in [1.54, 1.807) is 11.8 Å². The van der Waals surface area contributed by atoms with Crippen molar-refractivity contribution in [2.45, 2.75) is 18.4 Å². The molecule has 1 heterocycles. The Balaban J connectivity index is 1.86. The van der Waals surface area contributed by atoms with Gasteiger partial charge < -0.3 is 9.63 Å². The fourth-order valence-corrected chi connectivity index (χ4v) is 2.29. The molecule has 0 spiro atoms. The molecule has 1 atom stereocenters. The smallest absolute Gasteiger partial charge is 0.240 e. The number of likely N-dealkylation sites (N-methyl/N-ethyl adjacent to an activating group) is 1. The molecule has 0 radical (unpaired) electrons. The minimum absolute atomic E-state index is 0.518. The van der Waals surface area contributed by atoms with Crippen molar-refractivity contribution in [1.82, 2.24) is 15.0 Å². The van der Waals surface area contributed by atoms with Crippen molar-refractivity contribution in [2.75, 3.05) is 19.8 Å². The summed E-state index contributed by atoms with van der Waals surface area (Å²) in [7, 11) is 1.92. The summed E-state index contributed by atoms with van der Waals surface area (Å²) in [4.78, 5) is 6.26. The van der Waals surface area contributed by atoms with Gasteiger partial charge in [-0.15, -0.1) is 0 Å². The van der Waals surface area contributed by atoms with Crippen molar-refractivity contribution in [3.05, 3.63) is 47.6 Å². The quantitative estimate of drug-likeness (QED) is 0.843. The first-order valence-electron chi connectivity index (χ1n) is 6.41. The summed E-state index contributed by atoms with van der Waals surface area (Å²) in [5.41, 5.74) is 0.910. The lowest BCUT2D eigenvalue weighted by Crippen LogP contribution is -2.24. The number of rotatable bonds is 7. The van der Waals surface area contributed by atoms with Gasteiger partial charge in [0.15, 0.2) is 5.82 Å². The molecule has 0 aliphatic carbocycles. The van der Waals surface area contributed by atoms with Gasteiger partial charge in [-0.3, -0.25) is 4.90 Å². The van der Waals surface area contributed by atoms with E-state index in [1.165, 1.54) is 0 Å². The molecule has 1 aromatic heterocycles. The zero-order chi connectivity index (χ0) is 14.4. The maximum atomic E-state index is 10.1. The summed E-state index contributed by atoms with van der Waals surface area (Å²) in [6.07, 6.45) is 1.48. The molecule has 20 heavy (non-hydrogen) atoms. The molecule has 0 aliphatic rings. The molecule has 0 unspecified atom stereocenters. The van der Waals surface area contributed by atoms with Gasteiger partial charge >= 0.3 is 0 Å². The van der Waals surface area contributed by atoms with Gasteiger partial charge in [0.1, 0.15) is 0 Å². The van der Waals surface area contributed by atoms with Gasteiger partial charge in [0.25, 0.3) is 0 Å². The second kappa shape index (κ2) is 7.42. The molecule has 1 N–H and O–H groups in total. The van der Waals surface area contributed by atoms with E-state index in [-0.39, 0.29) is 0 Å². The number of nitrogens with zero attached hydrogens (tertiary/aromatic N) is 3. The Labute approximate surface area is 123 Å². The highest BCUT2D eigenvalue weighted by Crippen LogP contribution is 2.14. The first kappa shape index (κ1) is 15.0. The molecule has 0 fully saturated rings. The van der Waals surface area contributed by atoms with Crippen LogP contribution >= 0.6 is 11.8 Å². The molecule has 0 saturated heterocycles. The lowest BCUT2D eigenvalue weighted by molar-refractivity contribution is 0.118. The van der Waals surface area contributed by atoms with E-state index in [0.717, 1.165) is 11.3 Å². The lowest BCUT2D eigenvalue weighted by atomic mass is 10.1. The topological polar surface area (TPSA) is 62.4 Å². The van der Waals surface area contributed by atoms with E-state index in [0.29, 0.717) is 24.8 Å². The van der Waals surface area contributed by atoms with Crippen molar-refractivity contribution >= 4 is 11.8 Å². The van der Waals surface area contributed by atoms with Crippen LogP contribution in [-0.4, -0.2) is 40.0 Å². The molecular formula is C14H19N3O2S. The van der Waals surface area contributed by atoms with E-state index in [9.17, 15) is 5.11 Å². The molecular weight excluding hydrogens is 274 g/mol. The van der Waals surface area contributed by atoms with Gasteiger partial charge in [-0.25, -0.2) is 0 Å². The highest BCUT2D eigenvalue weighted by molar-refractivity contribution is 7.97. The van der Waals surface area contributed by atoms with Gasteiger partial charge in [-0.05, 0) is 18.9 Å². The second-order valence-electron chi connectivity index (χ2n) is 4.66. The zero-order valence-corrected chi connectivity index (χ0v) is 12.5. The second-order valence-corrected chi connectivity index (χ2v) is 5.53. The van der Waals surface area contributed by atoms with Crippen LogP contribution < -0.4 is 0 Å². The maximum Gasteiger partial charge on any atom is 0.240 e. The van der Waals surface area contributed by atoms with Crippen LogP contribution in [0.5, 0.6) is 0 Å². The number of thioether (sulfide) groups is 1. The Hall–Kier alpha value is -1.37. The van der Waals surface area contributed by atoms with Crippen LogP contribution in [0.15, 0.2) is 34.9 Å². The fourth-order valence-electron chi connectivity index (χ4n) is 1.91. The summed E-state index contributed by atoms with van der Waals surface area (Å²) in [5, 5.41) is 14.0. The summed E-state index contributed by atoms with van der Waals surface area (Å²) in [6.45, 7) is 1.05. The average Bonchev–Trinajstić information content (AvgIpc) is 2.87. The standard InChI is InChI=1S/C14H19N3O2S/c1-17(8-12(18)11-6-4-3-5-7-11)9-14-15-13(10-20-2)16-19-14/h3-7,12,18H,8-10H2,1-2H3/t12-/m1/s1. The Morgan fingerprint density at radius 3 is 2.80 bits per heavy atom. The van der Waals surface area contributed by atoms with Gasteiger partial charge in [0.2, 0.25) is 5.89 Å². The number of aliphatic hydroxyl groups excluding tert-OH is 1. The fraction of sp³-hybridized carbons (Fsp3) is 0.429. The number of aromatic nitrogens is 2. The van der Waals surface area contributed by atoms with Crippen molar-refractivity contribution in [1.29, 1.82) is 0 Å². The molecule has 0 bridgehead atoms. The normalized spacial score (nSPS) is 12.8. The van der Waals surface area contributed by atoms with Crippen LogP contribution in [0.4, 0.5) is 0 Å². The molecule has 6 heteroatoms. The molecule has 2 aromatic rings. The largest absolute Gasteiger partial charge is 0.387 e. The van der Waals surface area contributed by atoms with E-state index in [1.807, 2.05) is 48.5 Å². The number of hydrogen-bond acceptors (Lipinski definition) is 6. The van der Waals surface area contributed by atoms with Crippen LogP contribution in [0.3, 0.4) is 0 Å². The van der Waals surface area contributed by atoms with Crippen molar-refractivity contribution in [2.24, 2.45) is 0 Å². The van der Waals surface area contributed by atoms with Crippen LogP contribution in [0, 0.1) is 0 Å². The Kier molecular flexibility index (Phi) is 5.58. The number of aliphatic hydroxyl groups is 1. The highest BCUT2D eigenvalue weighted by atomic mass is 32.2. The van der Waals surface area contributed by atoms with Gasteiger partial charge in [-0.1, -0.05) is 35.5 Å². The average molecular weight is 293 g/mol. The third-order valence-electron chi connectivity index (χ3n) is 2.86. The maximum absolute atomic E-state index is 10.1. The molecule has 0 amide bonds. The van der Waals surface area contributed by atoms with E-state index >= 15 is 0 Å². The van der Waals surface area contributed by atoms with Crippen LogP contribution in [0.25, 0.3) is 0 Å². The summed E-state index contributed by atoms with van der Waals surface area (Å²) in [5.74, 6) is 2.04. The lowest BCUT2D eigenvalue weighted by Gasteiger charge is -2.19. The number of hydrogen-bond donors (Lipinski definition) is 1. The third kappa shape index (κ3) is 4.33. The van der Waals surface area contributed by atoms with Gasteiger partial charge in [0.05, 0.1) is 18.4 Å². The minimum atomic E-state index is -0.519. The van der Waals surface area contributed by atoms with Crippen molar-refractivity contribution in [3.8, 4) is 0 Å². The Morgan fingerprint density at radius 1 is 1.35 bits per heavy atom. The number of benzene rings is 1. The minimum Gasteiger partial charge on any atom is -0.387 e. The zero-order valence-electron chi connectivity index (χ0n) is 11.7. The monoisotopic (exact) mass is 293 g/mol.